The van der Waals surface area contributed by atoms with Crippen molar-refractivity contribution in [1.29, 1.82) is 0 Å². The molecule has 0 saturated heterocycles. The van der Waals surface area contributed by atoms with Crippen LogP contribution in [0.3, 0.4) is 0 Å². The molecule has 17 heavy (non-hydrogen) atoms. The van der Waals surface area contributed by atoms with Gasteiger partial charge in [-0.3, -0.25) is 4.94 Å². The van der Waals surface area contributed by atoms with Crippen LogP contribution in [0.15, 0.2) is 60.0 Å². The molecule has 5 nitrogen and oxygen atoms in total. The highest BCUT2D eigenvalue weighted by Crippen LogP contribution is 1.89. The standard InChI is InChI=1S/C12H18N4O/c1-6-10(3)15-17-16-12(7-2)9-8-11(4)14-13-5/h6-9,13,15H,1-3H2,4-5H3. The Morgan fingerprint density at radius 3 is 2.47 bits per heavy atom. The van der Waals surface area contributed by atoms with E-state index in [9.17, 15) is 0 Å². The van der Waals surface area contributed by atoms with E-state index < -0.39 is 0 Å². The van der Waals surface area contributed by atoms with Gasteiger partial charge >= 0.3 is 0 Å². The molecular formula is C12H18N4O. The number of hydroxylamine groups is 1. The quantitative estimate of drug-likeness (QED) is 0.383. The number of nitrogens with one attached hydrogen (secondary N) is 2. The lowest BCUT2D eigenvalue weighted by Gasteiger charge is -2.01. The van der Waals surface area contributed by atoms with Crippen molar-refractivity contribution in [3.8, 4) is 0 Å². The van der Waals surface area contributed by atoms with Crippen LogP contribution in [0.4, 0.5) is 0 Å². The fourth-order valence-corrected chi connectivity index (χ4v) is 0.731. The van der Waals surface area contributed by atoms with Crippen LogP contribution in [0.2, 0.25) is 0 Å². The van der Waals surface area contributed by atoms with Crippen molar-refractivity contribution in [2.24, 2.45) is 10.3 Å². The molecule has 0 fully saturated rings. The van der Waals surface area contributed by atoms with Crippen molar-refractivity contribution in [1.82, 2.24) is 10.9 Å². The molecule has 0 aliphatic heterocycles. The molecule has 0 saturated carbocycles. The molecule has 0 rings (SSSR count). The van der Waals surface area contributed by atoms with Crippen LogP contribution >= 0.6 is 0 Å². The van der Waals surface area contributed by atoms with Gasteiger partial charge in [-0.05, 0) is 31.2 Å². The summed E-state index contributed by atoms with van der Waals surface area (Å²) in [7, 11) is 1.73. The van der Waals surface area contributed by atoms with Crippen molar-refractivity contribution < 1.29 is 4.94 Å². The normalized spacial score (nSPS) is 12.1. The van der Waals surface area contributed by atoms with Crippen molar-refractivity contribution in [3.05, 3.63) is 49.7 Å². The fraction of sp³-hybridized carbons (Fsp3) is 0.167. The number of allylic oxidation sites excluding steroid dienone is 4. The predicted octanol–water partition coefficient (Wildman–Crippen LogP) is 1.90. The molecule has 0 aromatic rings. The van der Waals surface area contributed by atoms with Gasteiger partial charge in [-0.15, -0.1) is 0 Å². The molecule has 0 atom stereocenters. The number of nitrogens with zero attached hydrogens (tertiary/aromatic N) is 2. The maximum atomic E-state index is 4.82. The molecule has 0 aliphatic rings. The van der Waals surface area contributed by atoms with E-state index in [1.165, 1.54) is 6.08 Å². The summed E-state index contributed by atoms with van der Waals surface area (Å²) in [4.78, 5) is 4.82. The smallest absolute Gasteiger partial charge is 0.105 e. The molecule has 0 spiro atoms. The van der Waals surface area contributed by atoms with Gasteiger partial charge in [0.1, 0.15) is 5.71 Å². The topological polar surface area (TPSA) is 58.0 Å². The highest BCUT2D eigenvalue weighted by atomic mass is 16.8. The lowest BCUT2D eigenvalue weighted by Crippen LogP contribution is -2.08. The molecule has 0 heterocycles. The number of oxime groups is 1. The van der Waals surface area contributed by atoms with Crippen LogP contribution in [0.1, 0.15) is 6.92 Å². The molecule has 0 bridgehead atoms. The largest absolute Gasteiger partial charge is 0.313 e. The lowest BCUT2D eigenvalue weighted by atomic mass is 10.3. The molecule has 5 heteroatoms. The highest BCUT2D eigenvalue weighted by molar-refractivity contribution is 6.07. The van der Waals surface area contributed by atoms with Gasteiger partial charge in [-0.1, -0.05) is 24.9 Å². The summed E-state index contributed by atoms with van der Waals surface area (Å²) >= 11 is 0. The molecule has 0 aliphatic carbocycles. The van der Waals surface area contributed by atoms with E-state index in [0.717, 1.165) is 5.71 Å². The van der Waals surface area contributed by atoms with E-state index >= 15 is 0 Å². The minimum absolute atomic E-state index is 0.522. The van der Waals surface area contributed by atoms with Crippen LogP contribution in [0.25, 0.3) is 0 Å². The van der Waals surface area contributed by atoms with Crippen molar-refractivity contribution in [2.75, 3.05) is 7.05 Å². The number of hydrogen-bond acceptors (Lipinski definition) is 5. The molecule has 92 valence electrons. The Balaban J connectivity index is 4.37. The van der Waals surface area contributed by atoms with Gasteiger partial charge in [0.25, 0.3) is 0 Å². The maximum absolute atomic E-state index is 4.82. The van der Waals surface area contributed by atoms with Gasteiger partial charge in [-0.2, -0.15) is 10.6 Å². The first-order valence-electron chi connectivity index (χ1n) is 4.97. The van der Waals surface area contributed by atoms with Crippen LogP contribution in [0, 0.1) is 0 Å². The Morgan fingerprint density at radius 2 is 1.94 bits per heavy atom. The molecular weight excluding hydrogens is 216 g/mol. The van der Waals surface area contributed by atoms with Crippen LogP contribution in [-0.4, -0.2) is 18.5 Å². The predicted molar refractivity (Wildman–Crippen MR) is 72.5 cm³/mol. The minimum Gasteiger partial charge on any atom is -0.313 e. The lowest BCUT2D eigenvalue weighted by molar-refractivity contribution is 0.0729. The second-order valence-electron chi connectivity index (χ2n) is 2.95. The third kappa shape index (κ3) is 7.61. The number of hydrogen-bond donors (Lipinski definition) is 2. The zero-order valence-electron chi connectivity index (χ0n) is 10.2. The van der Waals surface area contributed by atoms with Gasteiger partial charge in [0.2, 0.25) is 0 Å². The van der Waals surface area contributed by atoms with E-state index in [-0.39, 0.29) is 0 Å². The van der Waals surface area contributed by atoms with Gasteiger partial charge in [0.05, 0.1) is 11.4 Å². The molecule has 0 amide bonds. The van der Waals surface area contributed by atoms with E-state index in [1.54, 1.807) is 25.3 Å². The van der Waals surface area contributed by atoms with Crippen LogP contribution < -0.4 is 10.9 Å². The summed E-state index contributed by atoms with van der Waals surface area (Å²) in [6.45, 7) is 12.6. The van der Waals surface area contributed by atoms with Crippen molar-refractivity contribution in [2.45, 2.75) is 6.92 Å². The van der Waals surface area contributed by atoms with E-state index in [0.29, 0.717) is 11.4 Å². The first-order chi connectivity index (χ1) is 8.13. The van der Waals surface area contributed by atoms with Crippen molar-refractivity contribution >= 4 is 11.4 Å². The number of rotatable bonds is 8. The monoisotopic (exact) mass is 234 g/mol. The second-order valence-corrected chi connectivity index (χ2v) is 2.95. The van der Waals surface area contributed by atoms with Gasteiger partial charge < -0.3 is 5.43 Å². The van der Waals surface area contributed by atoms with Gasteiger partial charge in [0.15, 0.2) is 0 Å². The van der Waals surface area contributed by atoms with Crippen LogP contribution in [-0.2, 0) is 4.94 Å². The summed E-state index contributed by atoms with van der Waals surface area (Å²) in [6, 6.07) is 0. The summed E-state index contributed by atoms with van der Waals surface area (Å²) in [5, 5.41) is 7.74. The minimum atomic E-state index is 0.522. The molecule has 2 N–H and O–H groups in total. The summed E-state index contributed by atoms with van der Waals surface area (Å²) in [5.41, 5.74) is 7.05. The van der Waals surface area contributed by atoms with Crippen molar-refractivity contribution in [3.63, 3.8) is 0 Å². The van der Waals surface area contributed by atoms with Crippen LogP contribution in [0.5, 0.6) is 0 Å². The van der Waals surface area contributed by atoms with Gasteiger partial charge in [0, 0.05) is 7.05 Å². The highest BCUT2D eigenvalue weighted by Gasteiger charge is 1.90. The first-order valence-corrected chi connectivity index (χ1v) is 4.97. The SMILES string of the molecule is C=CC(=C)NON=C(C=C)C=CC(C)=NNC. The Kier molecular flexibility index (Phi) is 7.75. The zero-order valence-corrected chi connectivity index (χ0v) is 10.2. The van der Waals surface area contributed by atoms with E-state index in [4.69, 9.17) is 4.94 Å². The summed E-state index contributed by atoms with van der Waals surface area (Å²) < 4.78 is 0. The second kappa shape index (κ2) is 8.96. The molecule has 0 radical (unpaired) electrons. The Hall–Kier alpha value is -2.30. The average molecular weight is 234 g/mol. The maximum Gasteiger partial charge on any atom is 0.105 e. The first kappa shape index (κ1) is 14.7. The Morgan fingerprint density at radius 1 is 1.24 bits per heavy atom. The average Bonchev–Trinajstić information content (AvgIpc) is 2.33. The van der Waals surface area contributed by atoms with E-state index in [2.05, 4.69) is 40.9 Å². The Bertz CT molecular complexity index is 367. The van der Waals surface area contributed by atoms with Gasteiger partial charge in [-0.25, -0.2) is 0 Å². The fourth-order valence-electron chi connectivity index (χ4n) is 0.731. The molecule has 0 aromatic heterocycles. The number of hydrazone groups is 1. The molecule has 0 aromatic carbocycles. The molecule has 0 unspecified atom stereocenters. The third-order valence-electron chi connectivity index (χ3n) is 1.57. The van der Waals surface area contributed by atoms with E-state index in [1.807, 2.05) is 6.92 Å². The summed E-state index contributed by atoms with van der Waals surface area (Å²) in [6.07, 6.45) is 6.58. The zero-order chi connectivity index (χ0) is 13.1. The Labute approximate surface area is 102 Å². The summed E-state index contributed by atoms with van der Waals surface area (Å²) in [5.74, 6) is 0. The third-order valence-corrected chi connectivity index (χ3v) is 1.57.